The summed E-state index contributed by atoms with van der Waals surface area (Å²) in [6.07, 6.45) is 0.551. The van der Waals surface area contributed by atoms with Crippen LogP contribution in [0.3, 0.4) is 0 Å². The van der Waals surface area contributed by atoms with Crippen molar-refractivity contribution in [1.82, 2.24) is 4.98 Å². The molecule has 0 spiro atoms. The van der Waals surface area contributed by atoms with Gasteiger partial charge in [-0.1, -0.05) is 0 Å². The molecule has 0 aliphatic rings. The summed E-state index contributed by atoms with van der Waals surface area (Å²) in [5, 5.41) is 0. The average molecular weight is 311 g/mol. The summed E-state index contributed by atoms with van der Waals surface area (Å²) in [7, 11) is 1.32. The van der Waals surface area contributed by atoms with E-state index in [9.17, 15) is 14.4 Å². The lowest BCUT2D eigenvalue weighted by molar-refractivity contribution is -0.142. The summed E-state index contributed by atoms with van der Waals surface area (Å²) in [6, 6.07) is 0. The predicted octanol–water partition coefficient (Wildman–Crippen LogP) is 1.67. The van der Waals surface area contributed by atoms with Gasteiger partial charge in [0.15, 0.2) is 0 Å². The van der Waals surface area contributed by atoms with Crippen molar-refractivity contribution < 1.29 is 28.6 Å². The van der Waals surface area contributed by atoms with E-state index in [4.69, 9.17) is 9.47 Å². The van der Waals surface area contributed by atoms with Gasteiger partial charge in [-0.15, -0.1) is 0 Å². The van der Waals surface area contributed by atoms with Gasteiger partial charge in [-0.25, -0.2) is 4.79 Å². The highest BCUT2D eigenvalue weighted by atomic mass is 16.5. The largest absolute Gasteiger partial charge is 0.469 e. The van der Waals surface area contributed by atoms with E-state index in [1.807, 2.05) is 0 Å². The van der Waals surface area contributed by atoms with Gasteiger partial charge in [0.05, 0.1) is 19.4 Å². The van der Waals surface area contributed by atoms with Crippen molar-refractivity contribution in [3.63, 3.8) is 0 Å². The zero-order chi connectivity index (χ0) is 16.7. The minimum absolute atomic E-state index is 0.00604. The molecule has 0 bridgehead atoms. The number of nitrogens with one attached hydrogen (secondary N) is 1. The van der Waals surface area contributed by atoms with Crippen molar-refractivity contribution in [2.24, 2.45) is 0 Å². The van der Waals surface area contributed by atoms with Gasteiger partial charge < -0.3 is 19.2 Å². The van der Waals surface area contributed by atoms with Crippen molar-refractivity contribution in [2.75, 3.05) is 13.7 Å². The molecule has 0 saturated heterocycles. The minimum Gasteiger partial charge on any atom is -0.469 e. The molecule has 0 saturated carbocycles. The van der Waals surface area contributed by atoms with Crippen LogP contribution in [0.15, 0.2) is 0 Å². The van der Waals surface area contributed by atoms with Gasteiger partial charge in [0.2, 0.25) is 0 Å². The summed E-state index contributed by atoms with van der Waals surface area (Å²) in [5.41, 5.74) is 2.34. The second-order valence-corrected chi connectivity index (χ2v) is 4.66. The first kappa shape index (κ1) is 17.7. The fourth-order valence-corrected chi connectivity index (χ4v) is 2.07. The number of carbonyl (C=O) groups is 3. The van der Waals surface area contributed by atoms with Crippen LogP contribution in [0.5, 0.6) is 0 Å². The number of hydrogen-bond donors (Lipinski definition) is 1. The molecular formula is C15H21NO6. The molecule has 1 aromatic rings. The van der Waals surface area contributed by atoms with E-state index >= 15 is 0 Å². The number of hydrogen-bond acceptors (Lipinski definition) is 6. The highest BCUT2D eigenvalue weighted by Gasteiger charge is 2.21. The van der Waals surface area contributed by atoms with Gasteiger partial charge in [0, 0.05) is 13.3 Å². The van der Waals surface area contributed by atoms with E-state index < -0.39 is 11.9 Å². The molecule has 0 aliphatic carbocycles. The highest BCUT2D eigenvalue weighted by Crippen LogP contribution is 2.22. The maximum atomic E-state index is 11.9. The van der Waals surface area contributed by atoms with E-state index in [1.54, 1.807) is 13.8 Å². The number of H-pyrrole nitrogens is 1. The smallest absolute Gasteiger partial charge is 0.355 e. The third kappa shape index (κ3) is 4.61. The van der Waals surface area contributed by atoms with Crippen LogP contribution in [0.1, 0.15) is 47.6 Å². The third-order valence-electron chi connectivity index (χ3n) is 3.17. The normalized spacial score (nSPS) is 10.2. The topological polar surface area (TPSA) is 94.7 Å². The second-order valence-electron chi connectivity index (χ2n) is 4.66. The number of esters is 3. The fraction of sp³-hybridized carbons (Fsp3) is 0.533. The zero-order valence-corrected chi connectivity index (χ0v) is 13.3. The van der Waals surface area contributed by atoms with E-state index in [0.29, 0.717) is 23.4 Å². The lowest BCUT2D eigenvalue weighted by Gasteiger charge is -2.05. The van der Waals surface area contributed by atoms with Crippen LogP contribution in [0.2, 0.25) is 0 Å². The number of aromatic nitrogens is 1. The van der Waals surface area contributed by atoms with Crippen LogP contribution >= 0.6 is 0 Å². The van der Waals surface area contributed by atoms with Crippen LogP contribution in [-0.4, -0.2) is 36.6 Å². The number of aromatic amines is 1. The number of methoxy groups -OCH3 is 1. The lowest BCUT2D eigenvalue weighted by Crippen LogP contribution is -2.07. The summed E-state index contributed by atoms with van der Waals surface area (Å²) < 4.78 is 14.6. The first-order chi connectivity index (χ1) is 10.4. The summed E-state index contributed by atoms with van der Waals surface area (Å²) in [5.74, 6) is -1.26. The molecule has 1 aromatic heterocycles. The van der Waals surface area contributed by atoms with Crippen molar-refractivity contribution in [3.8, 4) is 0 Å². The van der Waals surface area contributed by atoms with Crippen LogP contribution in [0, 0.1) is 6.92 Å². The maximum absolute atomic E-state index is 11.9. The van der Waals surface area contributed by atoms with E-state index in [1.165, 1.54) is 14.0 Å². The molecule has 0 unspecified atom stereocenters. The molecule has 7 heteroatoms. The van der Waals surface area contributed by atoms with Gasteiger partial charge in [-0.2, -0.15) is 0 Å². The molecule has 1 rings (SSSR count). The van der Waals surface area contributed by atoms with Gasteiger partial charge in [-0.3, -0.25) is 9.59 Å². The molecule has 0 fully saturated rings. The van der Waals surface area contributed by atoms with Crippen molar-refractivity contribution >= 4 is 17.9 Å². The number of ether oxygens (including phenoxy) is 3. The Morgan fingerprint density at radius 2 is 1.86 bits per heavy atom. The molecule has 0 atom stereocenters. The Balaban J connectivity index is 3.04. The van der Waals surface area contributed by atoms with E-state index in [2.05, 4.69) is 9.72 Å². The van der Waals surface area contributed by atoms with Gasteiger partial charge in [0.1, 0.15) is 12.3 Å². The molecular weight excluding hydrogens is 290 g/mol. The van der Waals surface area contributed by atoms with Gasteiger partial charge >= 0.3 is 17.9 Å². The molecule has 7 nitrogen and oxygen atoms in total. The number of rotatable bonds is 7. The molecule has 1 heterocycles. The Morgan fingerprint density at radius 3 is 2.41 bits per heavy atom. The maximum Gasteiger partial charge on any atom is 0.355 e. The first-order valence-corrected chi connectivity index (χ1v) is 6.98. The van der Waals surface area contributed by atoms with Crippen LogP contribution in [-0.2, 0) is 36.8 Å². The molecule has 0 aromatic carbocycles. The van der Waals surface area contributed by atoms with E-state index in [0.717, 1.165) is 5.56 Å². The zero-order valence-electron chi connectivity index (χ0n) is 13.3. The third-order valence-corrected chi connectivity index (χ3v) is 3.17. The number of carbonyl (C=O) groups excluding carboxylic acids is 3. The Morgan fingerprint density at radius 1 is 1.18 bits per heavy atom. The molecule has 122 valence electrons. The minimum atomic E-state index is -0.478. The van der Waals surface area contributed by atoms with Crippen molar-refractivity contribution in [1.29, 1.82) is 0 Å². The van der Waals surface area contributed by atoms with Gasteiger partial charge in [0.25, 0.3) is 0 Å². The first-order valence-electron chi connectivity index (χ1n) is 6.98. The fourth-order valence-electron chi connectivity index (χ4n) is 2.07. The van der Waals surface area contributed by atoms with Gasteiger partial charge in [-0.05, 0) is 31.4 Å². The van der Waals surface area contributed by atoms with E-state index in [-0.39, 0.29) is 25.6 Å². The standard InChI is InChI=1S/C15H21NO6/c1-5-21-15(19)14-9(2)11(6-7-13(18)20-4)12(16-14)8-22-10(3)17/h16H,5-8H2,1-4H3. The molecule has 0 aliphatic heterocycles. The van der Waals surface area contributed by atoms with Crippen molar-refractivity contribution in [3.05, 3.63) is 22.5 Å². The van der Waals surface area contributed by atoms with Crippen LogP contribution in [0.25, 0.3) is 0 Å². The summed E-state index contributed by atoms with van der Waals surface area (Å²) in [4.78, 5) is 37.1. The van der Waals surface area contributed by atoms with Crippen LogP contribution < -0.4 is 0 Å². The summed E-state index contributed by atoms with van der Waals surface area (Å²) >= 11 is 0. The highest BCUT2D eigenvalue weighted by molar-refractivity contribution is 5.90. The Hall–Kier alpha value is -2.31. The lowest BCUT2D eigenvalue weighted by atomic mass is 10.0. The quantitative estimate of drug-likeness (QED) is 0.608. The Bertz CT molecular complexity index is 561. The second kappa shape index (κ2) is 8.21. The SMILES string of the molecule is CCOC(=O)c1[nH]c(COC(C)=O)c(CCC(=O)OC)c1C. The Labute approximate surface area is 128 Å². The molecule has 0 amide bonds. The Kier molecular flexibility index (Phi) is 6.62. The predicted molar refractivity (Wildman–Crippen MR) is 77.3 cm³/mol. The van der Waals surface area contributed by atoms with Crippen molar-refractivity contribution in [2.45, 2.75) is 40.2 Å². The summed E-state index contributed by atoms with van der Waals surface area (Å²) in [6.45, 7) is 5.04. The molecule has 22 heavy (non-hydrogen) atoms. The molecule has 1 N–H and O–H groups in total. The monoisotopic (exact) mass is 311 g/mol. The average Bonchev–Trinajstić information content (AvgIpc) is 2.79. The van der Waals surface area contributed by atoms with Crippen LogP contribution in [0.4, 0.5) is 0 Å². The molecule has 0 radical (unpaired) electrons.